The van der Waals surface area contributed by atoms with Gasteiger partial charge in [-0.3, -0.25) is 0 Å². The molecule has 2 heteroatoms. The Balaban J connectivity index is 1.12. The number of hydrogen-bond donors (Lipinski definition) is 0. The van der Waals surface area contributed by atoms with Gasteiger partial charge in [0.25, 0.3) is 0 Å². The monoisotopic (exact) mass is 693 g/mol. The van der Waals surface area contributed by atoms with Gasteiger partial charge in [-0.05, 0) is 97.4 Å². The highest BCUT2D eigenvalue weighted by atomic mass is 16.3. The second-order valence-corrected chi connectivity index (χ2v) is 16.1. The number of para-hydroxylation sites is 1. The van der Waals surface area contributed by atoms with Crippen molar-refractivity contribution < 1.29 is 4.42 Å². The third kappa shape index (κ3) is 4.23. The normalized spacial score (nSPS) is 14.6. The van der Waals surface area contributed by atoms with Crippen LogP contribution in [0.1, 0.15) is 49.9 Å². The Morgan fingerprint density at radius 3 is 1.83 bits per heavy atom. The summed E-state index contributed by atoms with van der Waals surface area (Å²) in [6.45, 7) is 9.40. The molecular formula is C52H39NO. The lowest BCUT2D eigenvalue weighted by molar-refractivity contribution is 0.660. The Labute approximate surface area is 315 Å². The molecule has 0 saturated heterocycles. The molecule has 11 rings (SSSR count). The van der Waals surface area contributed by atoms with Gasteiger partial charge in [0.05, 0.1) is 5.69 Å². The van der Waals surface area contributed by atoms with E-state index in [1.54, 1.807) is 0 Å². The fraction of sp³-hybridized carbons (Fsp3) is 0.115. The predicted octanol–water partition coefficient (Wildman–Crippen LogP) is 14.5. The summed E-state index contributed by atoms with van der Waals surface area (Å²) in [5.74, 6) is 0. The van der Waals surface area contributed by atoms with Gasteiger partial charge in [-0.1, -0.05) is 155 Å². The van der Waals surface area contributed by atoms with E-state index < -0.39 is 0 Å². The zero-order valence-electron chi connectivity index (χ0n) is 30.9. The minimum Gasteiger partial charge on any atom is -0.453 e. The largest absolute Gasteiger partial charge is 0.453 e. The van der Waals surface area contributed by atoms with Gasteiger partial charge in [-0.15, -0.1) is 0 Å². The average molecular weight is 694 g/mol. The van der Waals surface area contributed by atoms with Crippen molar-refractivity contribution in [1.82, 2.24) is 0 Å². The summed E-state index contributed by atoms with van der Waals surface area (Å²) in [7, 11) is 0. The molecule has 0 fully saturated rings. The molecule has 2 nitrogen and oxygen atoms in total. The van der Waals surface area contributed by atoms with Crippen molar-refractivity contribution in [2.45, 2.75) is 38.5 Å². The van der Waals surface area contributed by atoms with Crippen LogP contribution in [0.4, 0.5) is 17.1 Å². The topological polar surface area (TPSA) is 16.4 Å². The standard InChI is InChI=1S/C52H39NO/c1-51(2)44-20-10-8-16-42(44)48-36(17-11-21-45(48)51)33-23-26-34(27-24-33)53(35-28-30-39-38-15-7-9-19-43(38)52(3,4)46(39)31-35)47-22-12-18-40-41-29-25-32-13-5-6-14-37(32)49(41)54-50(40)47/h5-31H,1-4H3. The Hall–Kier alpha value is -6.38. The van der Waals surface area contributed by atoms with Crippen LogP contribution in [0, 0.1) is 0 Å². The second-order valence-electron chi connectivity index (χ2n) is 16.1. The zero-order valence-corrected chi connectivity index (χ0v) is 30.9. The Morgan fingerprint density at radius 2 is 1.00 bits per heavy atom. The molecule has 0 saturated carbocycles. The molecule has 8 aromatic carbocycles. The van der Waals surface area contributed by atoms with Gasteiger partial charge in [-0.2, -0.15) is 0 Å². The molecule has 9 aromatic rings. The molecule has 0 aliphatic heterocycles. The van der Waals surface area contributed by atoms with Crippen molar-refractivity contribution in [3.05, 3.63) is 186 Å². The van der Waals surface area contributed by atoms with Crippen LogP contribution in [0.2, 0.25) is 0 Å². The van der Waals surface area contributed by atoms with Crippen LogP contribution in [0.3, 0.4) is 0 Å². The SMILES string of the molecule is CC1(C)c2ccccc2-c2ccc(N(c3ccc(-c4cccc5c4-c4ccccc4C5(C)C)cc3)c3cccc4c3oc3c5ccccc5ccc43)cc21. The molecule has 2 aliphatic rings. The number of fused-ring (bicyclic) bond motifs is 11. The molecule has 1 aromatic heterocycles. The summed E-state index contributed by atoms with van der Waals surface area (Å²) in [6, 6.07) is 60.2. The smallest absolute Gasteiger partial charge is 0.159 e. The molecule has 0 bridgehead atoms. The summed E-state index contributed by atoms with van der Waals surface area (Å²) in [4.78, 5) is 2.39. The molecule has 54 heavy (non-hydrogen) atoms. The quantitative estimate of drug-likeness (QED) is 0.182. The molecule has 0 radical (unpaired) electrons. The predicted molar refractivity (Wildman–Crippen MR) is 226 cm³/mol. The minimum absolute atomic E-state index is 0.0454. The lowest BCUT2D eigenvalue weighted by atomic mass is 9.82. The first-order chi connectivity index (χ1) is 26.3. The summed E-state index contributed by atoms with van der Waals surface area (Å²) >= 11 is 0. The van der Waals surface area contributed by atoms with E-state index >= 15 is 0 Å². The van der Waals surface area contributed by atoms with Gasteiger partial charge in [0.15, 0.2) is 5.58 Å². The average Bonchev–Trinajstić information content (AvgIpc) is 3.79. The molecule has 0 N–H and O–H groups in total. The number of nitrogens with zero attached hydrogens (tertiary/aromatic N) is 1. The van der Waals surface area contributed by atoms with Gasteiger partial charge in [0, 0.05) is 38.4 Å². The molecular weight excluding hydrogens is 655 g/mol. The van der Waals surface area contributed by atoms with Gasteiger partial charge >= 0.3 is 0 Å². The number of furan rings is 1. The number of anilines is 3. The molecule has 1 heterocycles. The number of benzene rings is 8. The summed E-state index contributed by atoms with van der Waals surface area (Å²) < 4.78 is 6.96. The van der Waals surface area contributed by atoms with Gasteiger partial charge in [0.1, 0.15) is 5.58 Å². The van der Waals surface area contributed by atoms with E-state index in [1.165, 1.54) is 61.0 Å². The summed E-state index contributed by atoms with van der Waals surface area (Å²) in [6.07, 6.45) is 0. The maximum absolute atomic E-state index is 6.96. The van der Waals surface area contributed by atoms with Crippen molar-refractivity contribution in [2.75, 3.05) is 4.90 Å². The molecule has 0 atom stereocenters. The number of rotatable bonds is 4. The van der Waals surface area contributed by atoms with Crippen molar-refractivity contribution in [1.29, 1.82) is 0 Å². The zero-order chi connectivity index (χ0) is 36.3. The van der Waals surface area contributed by atoms with Crippen LogP contribution < -0.4 is 4.90 Å². The fourth-order valence-corrected chi connectivity index (χ4v) is 9.73. The van der Waals surface area contributed by atoms with Crippen LogP contribution in [-0.4, -0.2) is 0 Å². The van der Waals surface area contributed by atoms with Crippen molar-refractivity contribution in [3.8, 4) is 33.4 Å². The molecule has 0 amide bonds. The molecule has 2 aliphatic carbocycles. The lowest BCUT2D eigenvalue weighted by Gasteiger charge is -2.28. The van der Waals surface area contributed by atoms with E-state index in [2.05, 4.69) is 196 Å². The highest BCUT2D eigenvalue weighted by Crippen LogP contribution is 2.54. The molecule has 0 spiro atoms. The summed E-state index contributed by atoms with van der Waals surface area (Å²) in [5, 5.41) is 4.56. The van der Waals surface area contributed by atoms with Crippen molar-refractivity contribution in [2.24, 2.45) is 0 Å². The van der Waals surface area contributed by atoms with Crippen LogP contribution in [0.15, 0.2) is 168 Å². The Morgan fingerprint density at radius 1 is 0.407 bits per heavy atom. The Bertz CT molecular complexity index is 3000. The fourth-order valence-electron chi connectivity index (χ4n) is 9.73. The number of hydrogen-bond acceptors (Lipinski definition) is 2. The Kier molecular flexibility index (Phi) is 6.39. The van der Waals surface area contributed by atoms with Crippen LogP contribution in [0.25, 0.3) is 66.1 Å². The van der Waals surface area contributed by atoms with Crippen LogP contribution >= 0.6 is 0 Å². The second kappa shape index (κ2) is 11.1. The summed E-state index contributed by atoms with van der Waals surface area (Å²) in [5.41, 5.74) is 18.1. The third-order valence-electron chi connectivity index (χ3n) is 12.5. The molecule has 0 unspecified atom stereocenters. The minimum atomic E-state index is -0.125. The van der Waals surface area contributed by atoms with Gasteiger partial charge in [-0.25, -0.2) is 0 Å². The molecule has 258 valence electrons. The first-order valence-electron chi connectivity index (χ1n) is 19.0. The van der Waals surface area contributed by atoms with E-state index in [-0.39, 0.29) is 10.8 Å². The first kappa shape index (κ1) is 31.2. The van der Waals surface area contributed by atoms with Gasteiger partial charge < -0.3 is 9.32 Å². The third-order valence-corrected chi connectivity index (χ3v) is 12.5. The van der Waals surface area contributed by atoms with Crippen molar-refractivity contribution >= 4 is 49.8 Å². The maximum atomic E-state index is 6.96. The lowest BCUT2D eigenvalue weighted by Crippen LogP contribution is -2.16. The van der Waals surface area contributed by atoms with Gasteiger partial charge in [0.2, 0.25) is 0 Å². The van der Waals surface area contributed by atoms with Crippen LogP contribution in [0.5, 0.6) is 0 Å². The first-order valence-corrected chi connectivity index (χ1v) is 19.0. The van der Waals surface area contributed by atoms with E-state index in [0.29, 0.717) is 0 Å². The van der Waals surface area contributed by atoms with E-state index in [0.717, 1.165) is 44.4 Å². The van der Waals surface area contributed by atoms with E-state index in [4.69, 9.17) is 4.42 Å². The highest BCUT2D eigenvalue weighted by molar-refractivity contribution is 6.17. The van der Waals surface area contributed by atoms with E-state index in [9.17, 15) is 0 Å². The maximum Gasteiger partial charge on any atom is 0.159 e. The van der Waals surface area contributed by atoms with E-state index in [1.807, 2.05) is 0 Å². The van der Waals surface area contributed by atoms with Crippen molar-refractivity contribution in [3.63, 3.8) is 0 Å². The highest BCUT2D eigenvalue weighted by Gasteiger charge is 2.37. The van der Waals surface area contributed by atoms with Crippen LogP contribution in [-0.2, 0) is 10.8 Å².